The van der Waals surface area contributed by atoms with Crippen LogP contribution < -0.4 is 4.90 Å². The van der Waals surface area contributed by atoms with Crippen molar-refractivity contribution in [1.82, 2.24) is 15.0 Å². The van der Waals surface area contributed by atoms with Gasteiger partial charge in [0.05, 0.1) is 34.6 Å². The third-order valence-corrected chi connectivity index (χ3v) is 5.54. The molecular weight excluding hydrogens is 513 g/mol. The minimum absolute atomic E-state index is 0.0485. The van der Waals surface area contributed by atoms with Crippen LogP contribution in [0.1, 0.15) is 6.92 Å². The molecule has 14 heteroatoms. The highest BCUT2D eigenvalue weighted by Gasteiger charge is 2.28. The van der Waals surface area contributed by atoms with E-state index in [4.69, 9.17) is 0 Å². The average molecular weight is 531 g/mol. The highest BCUT2D eigenvalue weighted by atomic mass is 19.2. The van der Waals surface area contributed by atoms with Crippen LogP contribution in [0.2, 0.25) is 0 Å². The number of halogens is 5. The minimum atomic E-state index is -2.24. The van der Waals surface area contributed by atoms with E-state index >= 15 is 0 Å². The molecule has 0 unspecified atom stereocenters. The smallest absolute Gasteiger partial charge is 0.269 e. The molecule has 0 atom stereocenters. The van der Waals surface area contributed by atoms with Gasteiger partial charge < -0.3 is 4.90 Å². The second-order valence-electron chi connectivity index (χ2n) is 7.88. The fraction of sp³-hybridized carbons (Fsp3) is 0.167. The van der Waals surface area contributed by atoms with Gasteiger partial charge in [0.25, 0.3) is 5.69 Å². The molecular formula is C24H18F5N7O2. The van der Waals surface area contributed by atoms with Crippen molar-refractivity contribution >= 4 is 22.7 Å². The van der Waals surface area contributed by atoms with E-state index in [2.05, 4.69) is 20.5 Å². The number of nitrogens with zero attached hydrogens (tertiary/aromatic N) is 7. The Balaban J connectivity index is 1.42. The fourth-order valence-corrected chi connectivity index (χ4v) is 3.53. The molecule has 0 saturated heterocycles. The number of azo groups is 1. The molecule has 4 rings (SSSR count). The molecule has 0 saturated carbocycles. The molecule has 1 aromatic heterocycles. The van der Waals surface area contributed by atoms with Crippen molar-refractivity contribution in [3.05, 3.63) is 93.9 Å². The van der Waals surface area contributed by atoms with Crippen molar-refractivity contribution in [2.45, 2.75) is 13.5 Å². The predicted molar refractivity (Wildman–Crippen MR) is 127 cm³/mol. The lowest BCUT2D eigenvalue weighted by atomic mass is 10.1. The Kier molecular flexibility index (Phi) is 7.69. The molecule has 0 amide bonds. The molecule has 0 fully saturated rings. The van der Waals surface area contributed by atoms with Gasteiger partial charge in [-0.15, -0.1) is 5.10 Å². The Morgan fingerprint density at radius 1 is 0.868 bits per heavy atom. The molecule has 0 bridgehead atoms. The number of non-ortho nitro benzene ring substituents is 1. The maximum absolute atomic E-state index is 14.1. The van der Waals surface area contributed by atoms with E-state index in [1.807, 2.05) is 11.8 Å². The Morgan fingerprint density at radius 3 is 1.92 bits per heavy atom. The summed E-state index contributed by atoms with van der Waals surface area (Å²) in [6.45, 7) is 3.09. The first kappa shape index (κ1) is 26.3. The second-order valence-corrected chi connectivity index (χ2v) is 7.88. The largest absolute Gasteiger partial charge is 0.370 e. The quantitative estimate of drug-likeness (QED) is 0.0614. The van der Waals surface area contributed by atoms with Crippen LogP contribution in [0.5, 0.6) is 0 Å². The van der Waals surface area contributed by atoms with Gasteiger partial charge in [0.2, 0.25) is 5.82 Å². The molecule has 4 aromatic rings. The van der Waals surface area contributed by atoms with Gasteiger partial charge in [-0.1, -0.05) is 5.21 Å². The zero-order chi connectivity index (χ0) is 27.4. The van der Waals surface area contributed by atoms with E-state index in [0.717, 1.165) is 11.9 Å². The molecule has 0 aliphatic carbocycles. The van der Waals surface area contributed by atoms with Crippen molar-refractivity contribution in [3.8, 4) is 11.3 Å². The van der Waals surface area contributed by atoms with E-state index in [0.29, 0.717) is 24.5 Å². The van der Waals surface area contributed by atoms with Crippen LogP contribution >= 0.6 is 0 Å². The van der Waals surface area contributed by atoms with Crippen molar-refractivity contribution in [2.75, 3.05) is 18.0 Å². The summed E-state index contributed by atoms with van der Waals surface area (Å²) in [5, 5.41) is 26.2. The molecule has 0 N–H and O–H groups in total. The van der Waals surface area contributed by atoms with E-state index < -0.39 is 45.3 Å². The maximum Gasteiger partial charge on any atom is 0.269 e. The lowest BCUT2D eigenvalue weighted by molar-refractivity contribution is -0.384. The van der Waals surface area contributed by atoms with Crippen molar-refractivity contribution < 1.29 is 26.9 Å². The summed E-state index contributed by atoms with van der Waals surface area (Å²) in [5.74, 6) is -10.3. The van der Waals surface area contributed by atoms with Gasteiger partial charge in [0, 0.05) is 30.9 Å². The average Bonchev–Trinajstić information content (AvgIpc) is 3.39. The third kappa shape index (κ3) is 5.48. The van der Waals surface area contributed by atoms with Crippen LogP contribution in [0.25, 0.3) is 11.3 Å². The molecule has 38 heavy (non-hydrogen) atoms. The highest BCUT2D eigenvalue weighted by Crippen LogP contribution is 2.30. The Bertz CT molecular complexity index is 1460. The fourth-order valence-electron chi connectivity index (χ4n) is 3.53. The Labute approximate surface area is 212 Å². The highest BCUT2D eigenvalue weighted by molar-refractivity contribution is 5.60. The van der Waals surface area contributed by atoms with Crippen LogP contribution in [-0.4, -0.2) is 33.0 Å². The monoisotopic (exact) mass is 531 g/mol. The number of nitro groups is 1. The molecule has 9 nitrogen and oxygen atoms in total. The van der Waals surface area contributed by atoms with E-state index in [1.165, 1.54) is 28.9 Å². The van der Waals surface area contributed by atoms with Crippen LogP contribution in [0.3, 0.4) is 0 Å². The van der Waals surface area contributed by atoms with E-state index in [1.54, 1.807) is 24.3 Å². The van der Waals surface area contributed by atoms with Crippen molar-refractivity contribution in [3.63, 3.8) is 0 Å². The van der Waals surface area contributed by atoms with Gasteiger partial charge >= 0.3 is 0 Å². The van der Waals surface area contributed by atoms with Gasteiger partial charge in [0.1, 0.15) is 5.69 Å². The number of benzene rings is 3. The van der Waals surface area contributed by atoms with Crippen molar-refractivity contribution in [2.24, 2.45) is 10.2 Å². The van der Waals surface area contributed by atoms with E-state index in [-0.39, 0.29) is 12.2 Å². The summed E-state index contributed by atoms with van der Waals surface area (Å²) in [6, 6.07) is 12.7. The molecule has 1 heterocycles. The minimum Gasteiger partial charge on any atom is -0.370 e. The molecule has 0 spiro atoms. The summed E-state index contributed by atoms with van der Waals surface area (Å²) in [6.07, 6.45) is 1.10. The number of anilines is 1. The third-order valence-electron chi connectivity index (χ3n) is 5.54. The summed E-state index contributed by atoms with van der Waals surface area (Å²) in [7, 11) is 0. The Morgan fingerprint density at radius 2 is 1.39 bits per heavy atom. The van der Waals surface area contributed by atoms with Gasteiger partial charge in [-0.3, -0.25) is 14.8 Å². The molecule has 0 radical (unpaired) electrons. The topological polar surface area (TPSA) is 102 Å². The van der Waals surface area contributed by atoms with Gasteiger partial charge in [-0.05, 0) is 43.3 Å². The summed E-state index contributed by atoms with van der Waals surface area (Å²) in [5.41, 5.74) is 0.149. The zero-order valence-electron chi connectivity index (χ0n) is 19.7. The lowest BCUT2D eigenvalue weighted by Gasteiger charge is -2.23. The summed E-state index contributed by atoms with van der Waals surface area (Å²) >= 11 is 0. The van der Waals surface area contributed by atoms with Crippen LogP contribution in [0.4, 0.5) is 44.7 Å². The second kappa shape index (κ2) is 11.1. The van der Waals surface area contributed by atoms with Crippen LogP contribution in [0, 0.1) is 39.2 Å². The first-order valence-corrected chi connectivity index (χ1v) is 11.1. The first-order chi connectivity index (χ1) is 18.2. The van der Waals surface area contributed by atoms with E-state index in [9.17, 15) is 32.1 Å². The predicted octanol–water partition coefficient (Wildman–Crippen LogP) is 6.49. The van der Waals surface area contributed by atoms with Crippen molar-refractivity contribution in [1.29, 1.82) is 0 Å². The summed E-state index contributed by atoms with van der Waals surface area (Å²) in [4.78, 5) is 12.2. The van der Waals surface area contributed by atoms with Gasteiger partial charge in [0.15, 0.2) is 23.3 Å². The number of likely N-dealkylation sites (N-methyl/N-ethyl adjacent to an activating group) is 1. The Hall–Kier alpha value is -4.75. The number of hydrogen-bond donors (Lipinski definition) is 0. The maximum atomic E-state index is 14.1. The SMILES string of the molecule is CCN(CCn1cc(-c2c(F)c(F)c(F)c(F)c2F)nn1)c1ccc(N=Nc2ccc([N+](=O)[O-])cc2)cc1. The number of nitro benzene ring substituents is 1. The van der Waals surface area contributed by atoms with Gasteiger partial charge in [-0.2, -0.15) is 10.2 Å². The number of rotatable bonds is 9. The standard InChI is InChI=1S/C24H18F5N7O2/c1-2-34(16-7-3-14(4-8-16)30-31-15-5-9-17(10-6-15)36(37)38)11-12-35-13-18(32-33-35)19-20(25)22(27)24(29)23(28)21(19)26/h3-10,13H,2,11-12H2,1H3. The molecule has 3 aromatic carbocycles. The molecule has 196 valence electrons. The molecule has 0 aliphatic rings. The summed E-state index contributed by atoms with van der Waals surface area (Å²) < 4.78 is 69.7. The number of hydrogen-bond acceptors (Lipinski definition) is 7. The van der Waals surface area contributed by atoms with Crippen LogP contribution in [0.15, 0.2) is 65.0 Å². The number of aromatic nitrogens is 3. The van der Waals surface area contributed by atoms with Crippen LogP contribution in [-0.2, 0) is 6.54 Å². The first-order valence-electron chi connectivity index (χ1n) is 11.1. The lowest BCUT2D eigenvalue weighted by Crippen LogP contribution is -2.27. The molecule has 0 aliphatic heterocycles. The normalized spacial score (nSPS) is 11.3. The van der Waals surface area contributed by atoms with Gasteiger partial charge in [-0.25, -0.2) is 22.0 Å². The zero-order valence-corrected chi connectivity index (χ0v) is 19.7.